The van der Waals surface area contributed by atoms with Crippen LogP contribution >= 0.6 is 0 Å². The van der Waals surface area contributed by atoms with Crippen LogP contribution in [0.25, 0.3) is 61.3 Å². The maximum atomic E-state index is 9.66. The van der Waals surface area contributed by atoms with Crippen LogP contribution in [0.15, 0.2) is 78.9 Å². The summed E-state index contributed by atoms with van der Waals surface area (Å²) in [5.41, 5.74) is 11.4. The van der Waals surface area contributed by atoms with Gasteiger partial charge in [0.15, 0.2) is 0 Å². The number of nitrogens with zero attached hydrogens (tertiary/aromatic N) is 6. The van der Waals surface area contributed by atoms with Crippen LogP contribution in [0.4, 0.5) is 0 Å². The number of hydrogen-bond donors (Lipinski definition) is 0. The number of aromatic nitrogens is 5. The van der Waals surface area contributed by atoms with E-state index in [1.54, 1.807) is 0 Å². The third kappa shape index (κ3) is 2.30. The Morgan fingerprint density at radius 3 is 1.83 bits per heavy atom. The van der Waals surface area contributed by atoms with Gasteiger partial charge in [0.2, 0.25) is 11.6 Å². The van der Waals surface area contributed by atoms with Crippen LogP contribution in [-0.4, -0.2) is 23.2 Å². The summed E-state index contributed by atoms with van der Waals surface area (Å²) in [6.45, 7) is 4.39. The SMILES string of the molecule is CC(C)c1ccc(C#N)cc1-c1cc2c3c(c1)n1c4ccccc4nc1n3c1nc3ccccc3n21. The van der Waals surface area contributed by atoms with Gasteiger partial charge < -0.3 is 0 Å². The normalized spacial score (nSPS) is 12.4. The summed E-state index contributed by atoms with van der Waals surface area (Å²) in [5.74, 6) is 2.03. The highest BCUT2D eigenvalue weighted by Gasteiger charge is 2.25. The van der Waals surface area contributed by atoms with Crippen molar-refractivity contribution < 1.29 is 0 Å². The molecule has 0 saturated carbocycles. The first kappa shape index (κ1) is 19.4. The van der Waals surface area contributed by atoms with Crippen LogP contribution in [0.5, 0.6) is 0 Å². The molecule has 0 aliphatic heterocycles. The molecular formula is C30H20N6. The first-order valence-corrected chi connectivity index (χ1v) is 12.1. The quantitative estimate of drug-likeness (QED) is 0.283. The number of imidazole rings is 4. The van der Waals surface area contributed by atoms with Gasteiger partial charge in [0.1, 0.15) is 5.52 Å². The molecule has 8 aromatic rings. The predicted octanol–water partition coefficient (Wildman–Crippen LogP) is 6.79. The number of fused-ring (bicyclic) bond motifs is 10. The number of hydrogen-bond acceptors (Lipinski definition) is 3. The Balaban J connectivity index is 1.64. The number of rotatable bonds is 2. The topological polar surface area (TPSA) is 62.8 Å². The summed E-state index contributed by atoms with van der Waals surface area (Å²) >= 11 is 0. The molecule has 0 amide bonds. The fourth-order valence-electron chi connectivity index (χ4n) is 5.80. The number of benzene rings is 4. The molecule has 8 rings (SSSR count). The summed E-state index contributed by atoms with van der Waals surface area (Å²) in [6, 6.07) is 29.3. The van der Waals surface area contributed by atoms with E-state index in [1.165, 1.54) is 5.56 Å². The zero-order valence-electron chi connectivity index (χ0n) is 19.8. The second kappa shape index (κ2) is 6.61. The van der Waals surface area contributed by atoms with Crippen LogP contribution in [0.2, 0.25) is 0 Å². The molecule has 0 fully saturated rings. The lowest BCUT2D eigenvalue weighted by molar-refractivity contribution is 0.869. The van der Waals surface area contributed by atoms with Crippen LogP contribution in [0.3, 0.4) is 0 Å². The van der Waals surface area contributed by atoms with Crippen molar-refractivity contribution in [3.8, 4) is 17.2 Å². The van der Waals surface area contributed by atoms with Crippen molar-refractivity contribution in [2.45, 2.75) is 19.8 Å². The molecule has 6 heteroatoms. The fraction of sp³-hybridized carbons (Fsp3) is 0.100. The fourth-order valence-corrected chi connectivity index (χ4v) is 5.80. The van der Waals surface area contributed by atoms with Crippen molar-refractivity contribution in [3.63, 3.8) is 0 Å². The average molecular weight is 465 g/mol. The van der Waals surface area contributed by atoms with Crippen molar-refractivity contribution in [2.24, 2.45) is 0 Å². The zero-order chi connectivity index (χ0) is 24.1. The lowest BCUT2D eigenvalue weighted by atomic mass is 9.91. The van der Waals surface area contributed by atoms with Crippen molar-refractivity contribution >= 4 is 50.2 Å². The van der Waals surface area contributed by atoms with Crippen molar-refractivity contribution in [1.29, 1.82) is 5.26 Å². The van der Waals surface area contributed by atoms with Gasteiger partial charge in [-0.25, -0.2) is 14.4 Å². The van der Waals surface area contributed by atoms with Gasteiger partial charge in [0.05, 0.1) is 44.7 Å². The number of nitriles is 1. The molecule has 0 atom stereocenters. The van der Waals surface area contributed by atoms with E-state index in [2.05, 4.69) is 87.7 Å². The Labute approximate surface area is 205 Å². The van der Waals surface area contributed by atoms with E-state index < -0.39 is 0 Å². The minimum absolute atomic E-state index is 0.320. The van der Waals surface area contributed by atoms with Gasteiger partial charge in [-0.15, -0.1) is 0 Å². The van der Waals surface area contributed by atoms with Gasteiger partial charge in [-0.1, -0.05) is 44.2 Å². The molecule has 0 radical (unpaired) electrons. The van der Waals surface area contributed by atoms with E-state index in [9.17, 15) is 5.26 Å². The Morgan fingerprint density at radius 1 is 0.694 bits per heavy atom. The second-order valence-electron chi connectivity index (χ2n) is 9.74. The van der Waals surface area contributed by atoms with Gasteiger partial charge in [-0.05, 0) is 71.1 Å². The highest BCUT2D eigenvalue weighted by atomic mass is 15.3. The van der Waals surface area contributed by atoms with E-state index in [-0.39, 0.29) is 0 Å². The van der Waals surface area contributed by atoms with Gasteiger partial charge in [0, 0.05) is 0 Å². The van der Waals surface area contributed by atoms with E-state index in [0.717, 1.165) is 61.3 Å². The first-order chi connectivity index (χ1) is 17.6. The van der Waals surface area contributed by atoms with Gasteiger partial charge in [0.25, 0.3) is 0 Å². The van der Waals surface area contributed by atoms with Crippen molar-refractivity contribution in [3.05, 3.63) is 90.0 Å². The van der Waals surface area contributed by atoms with E-state index in [1.807, 2.05) is 24.3 Å². The molecule has 6 nitrogen and oxygen atoms in total. The van der Waals surface area contributed by atoms with E-state index >= 15 is 0 Å². The molecule has 4 aromatic heterocycles. The third-order valence-electron chi connectivity index (χ3n) is 7.38. The Kier molecular flexibility index (Phi) is 3.57. The zero-order valence-corrected chi connectivity index (χ0v) is 19.8. The lowest BCUT2D eigenvalue weighted by Gasteiger charge is -2.14. The maximum Gasteiger partial charge on any atom is 0.223 e. The largest absolute Gasteiger partial charge is 0.276 e. The molecule has 4 aromatic carbocycles. The second-order valence-corrected chi connectivity index (χ2v) is 9.74. The van der Waals surface area contributed by atoms with Crippen LogP contribution in [0, 0.1) is 11.3 Å². The Bertz CT molecular complexity index is 2080. The maximum absolute atomic E-state index is 9.66. The van der Waals surface area contributed by atoms with Crippen LogP contribution in [0.1, 0.15) is 30.9 Å². The highest BCUT2D eigenvalue weighted by molar-refractivity contribution is 6.06. The van der Waals surface area contributed by atoms with Gasteiger partial charge in [-0.2, -0.15) is 5.26 Å². The molecule has 0 saturated heterocycles. The highest BCUT2D eigenvalue weighted by Crippen LogP contribution is 2.39. The van der Waals surface area contributed by atoms with E-state index in [4.69, 9.17) is 9.97 Å². The minimum Gasteiger partial charge on any atom is -0.276 e. The summed E-state index contributed by atoms with van der Waals surface area (Å²) in [4.78, 5) is 10.1. The minimum atomic E-state index is 0.320. The van der Waals surface area contributed by atoms with Crippen molar-refractivity contribution in [2.75, 3.05) is 0 Å². The smallest absolute Gasteiger partial charge is 0.223 e. The summed E-state index contributed by atoms with van der Waals surface area (Å²) in [5, 5.41) is 9.66. The molecule has 36 heavy (non-hydrogen) atoms. The molecule has 0 unspecified atom stereocenters. The molecule has 0 spiro atoms. The summed E-state index contributed by atoms with van der Waals surface area (Å²) < 4.78 is 6.66. The monoisotopic (exact) mass is 464 g/mol. The molecule has 0 aliphatic rings. The summed E-state index contributed by atoms with van der Waals surface area (Å²) in [7, 11) is 0. The third-order valence-corrected chi connectivity index (χ3v) is 7.38. The molecule has 0 bridgehead atoms. The van der Waals surface area contributed by atoms with Gasteiger partial charge >= 0.3 is 0 Å². The standard InChI is InChI=1S/C30H20N6/c1-17(2)20-12-11-18(16-31)13-21(20)19-14-26-28-27(15-19)35-25-10-6-4-8-23(25)33-30(35)36(28)29-32-22-7-3-5-9-24(22)34(26)29/h3-15,17H,1-2H3. The average Bonchev–Trinajstić information content (AvgIpc) is 3.62. The van der Waals surface area contributed by atoms with Gasteiger partial charge in [-0.3, -0.25) is 8.80 Å². The molecule has 0 aliphatic carbocycles. The number of para-hydroxylation sites is 4. The molecule has 4 heterocycles. The van der Waals surface area contributed by atoms with Crippen LogP contribution in [-0.2, 0) is 0 Å². The van der Waals surface area contributed by atoms with E-state index in [0.29, 0.717) is 11.5 Å². The predicted molar refractivity (Wildman–Crippen MR) is 143 cm³/mol. The summed E-state index contributed by atoms with van der Waals surface area (Å²) in [6.07, 6.45) is 0. The molecular weight excluding hydrogens is 444 g/mol. The Morgan fingerprint density at radius 2 is 1.28 bits per heavy atom. The first-order valence-electron chi connectivity index (χ1n) is 12.1. The Hall–Kier alpha value is -4.89. The van der Waals surface area contributed by atoms with Crippen LogP contribution < -0.4 is 0 Å². The molecule has 0 N–H and O–H groups in total. The van der Waals surface area contributed by atoms with Crippen molar-refractivity contribution in [1.82, 2.24) is 23.2 Å². The molecule has 170 valence electrons. The lowest BCUT2D eigenvalue weighted by Crippen LogP contribution is -1.95.